The second kappa shape index (κ2) is 9.79. The number of benzene rings is 1. The van der Waals surface area contributed by atoms with Gasteiger partial charge in [0.1, 0.15) is 5.75 Å². The summed E-state index contributed by atoms with van der Waals surface area (Å²) in [5, 5.41) is 0. The van der Waals surface area contributed by atoms with Crippen LogP contribution in [0.1, 0.15) is 51.9 Å². The third-order valence-electron chi connectivity index (χ3n) is 3.44. The molecular formula is C16H27NO3S. The first-order valence-electron chi connectivity index (χ1n) is 7.74. The molecule has 1 N–H and O–H groups in total. The lowest BCUT2D eigenvalue weighted by molar-refractivity contribution is 0.414. The first kappa shape index (κ1) is 18.0. The predicted octanol–water partition coefficient (Wildman–Crippen LogP) is 3.72. The minimum Gasteiger partial charge on any atom is -0.497 e. The normalized spacial score (nSPS) is 11.5. The van der Waals surface area contributed by atoms with E-state index < -0.39 is 10.0 Å². The smallest absolute Gasteiger partial charge is 0.240 e. The molecule has 120 valence electrons. The van der Waals surface area contributed by atoms with Crippen LogP contribution in [0.4, 0.5) is 0 Å². The van der Waals surface area contributed by atoms with Crippen molar-refractivity contribution in [1.29, 1.82) is 0 Å². The summed E-state index contributed by atoms with van der Waals surface area (Å²) in [5.74, 6) is 0.654. The van der Waals surface area contributed by atoms with Crippen molar-refractivity contribution in [1.82, 2.24) is 4.72 Å². The maximum absolute atomic E-state index is 12.1. The first-order valence-corrected chi connectivity index (χ1v) is 9.22. The van der Waals surface area contributed by atoms with Crippen LogP contribution in [-0.4, -0.2) is 22.1 Å². The maximum atomic E-state index is 12.1. The fourth-order valence-corrected chi connectivity index (χ4v) is 3.20. The lowest BCUT2D eigenvalue weighted by atomic mass is 10.1. The Labute approximate surface area is 129 Å². The third kappa shape index (κ3) is 6.96. The molecule has 4 nitrogen and oxygen atoms in total. The third-order valence-corrected chi connectivity index (χ3v) is 4.92. The Bertz CT molecular complexity index is 483. The van der Waals surface area contributed by atoms with E-state index in [9.17, 15) is 8.42 Å². The van der Waals surface area contributed by atoms with Crippen molar-refractivity contribution in [2.75, 3.05) is 13.7 Å². The Morgan fingerprint density at radius 2 is 1.52 bits per heavy atom. The standard InChI is InChI=1S/C16H27NO3S/c1-3-4-5-6-7-8-9-14-17-21(18,19)16-12-10-15(20-2)11-13-16/h10-13,17H,3-9,14H2,1-2H3. The van der Waals surface area contributed by atoms with Crippen molar-refractivity contribution in [2.45, 2.75) is 56.8 Å². The lowest BCUT2D eigenvalue weighted by Gasteiger charge is -2.07. The quantitative estimate of drug-likeness (QED) is 0.633. The highest BCUT2D eigenvalue weighted by Crippen LogP contribution is 2.15. The molecule has 0 fully saturated rings. The van der Waals surface area contributed by atoms with Crippen LogP contribution in [0.15, 0.2) is 29.2 Å². The number of rotatable bonds is 11. The fourth-order valence-electron chi connectivity index (χ4n) is 2.13. The molecule has 0 radical (unpaired) electrons. The zero-order chi connectivity index (χ0) is 15.6. The molecular weight excluding hydrogens is 286 g/mol. The van der Waals surface area contributed by atoms with Gasteiger partial charge in [0.25, 0.3) is 0 Å². The fraction of sp³-hybridized carbons (Fsp3) is 0.625. The van der Waals surface area contributed by atoms with E-state index in [1.165, 1.54) is 32.1 Å². The van der Waals surface area contributed by atoms with Gasteiger partial charge in [-0.15, -0.1) is 0 Å². The number of ether oxygens (including phenoxy) is 1. The van der Waals surface area contributed by atoms with Gasteiger partial charge < -0.3 is 4.74 Å². The summed E-state index contributed by atoms with van der Waals surface area (Å²) in [4.78, 5) is 0.284. The van der Waals surface area contributed by atoms with E-state index in [-0.39, 0.29) is 4.90 Å². The van der Waals surface area contributed by atoms with Crippen molar-refractivity contribution in [3.05, 3.63) is 24.3 Å². The van der Waals surface area contributed by atoms with E-state index in [1.807, 2.05) is 0 Å². The summed E-state index contributed by atoms with van der Waals surface area (Å²) in [7, 11) is -1.83. The molecule has 0 aromatic heterocycles. The van der Waals surface area contributed by atoms with Gasteiger partial charge in [0, 0.05) is 6.54 Å². The molecule has 0 saturated heterocycles. The Kier molecular flexibility index (Phi) is 8.38. The molecule has 0 bridgehead atoms. The summed E-state index contributed by atoms with van der Waals surface area (Å²) in [6, 6.07) is 6.43. The van der Waals surface area contributed by atoms with Gasteiger partial charge >= 0.3 is 0 Å². The number of methoxy groups -OCH3 is 1. The molecule has 0 atom stereocenters. The molecule has 0 unspecified atom stereocenters. The minimum atomic E-state index is -3.39. The molecule has 5 heteroatoms. The highest BCUT2D eigenvalue weighted by atomic mass is 32.2. The number of unbranched alkanes of at least 4 members (excludes halogenated alkanes) is 6. The molecule has 0 aliphatic rings. The number of hydrogen-bond acceptors (Lipinski definition) is 3. The Balaban J connectivity index is 2.26. The van der Waals surface area contributed by atoms with Crippen LogP contribution < -0.4 is 9.46 Å². The van der Waals surface area contributed by atoms with Crippen LogP contribution in [0.25, 0.3) is 0 Å². The number of hydrogen-bond donors (Lipinski definition) is 1. The van der Waals surface area contributed by atoms with E-state index in [1.54, 1.807) is 31.4 Å². The minimum absolute atomic E-state index is 0.284. The van der Waals surface area contributed by atoms with Gasteiger partial charge in [-0.1, -0.05) is 45.4 Å². The predicted molar refractivity (Wildman–Crippen MR) is 86.2 cm³/mol. The summed E-state index contributed by atoms with van der Waals surface area (Å²) >= 11 is 0. The van der Waals surface area contributed by atoms with Gasteiger partial charge in [-0.2, -0.15) is 0 Å². The molecule has 0 aliphatic carbocycles. The van der Waals surface area contributed by atoms with Crippen LogP contribution in [-0.2, 0) is 10.0 Å². The topological polar surface area (TPSA) is 55.4 Å². The zero-order valence-electron chi connectivity index (χ0n) is 13.1. The maximum Gasteiger partial charge on any atom is 0.240 e. The molecule has 1 aromatic rings. The summed E-state index contributed by atoms with van der Waals surface area (Å²) in [6.45, 7) is 2.70. The summed E-state index contributed by atoms with van der Waals surface area (Å²) < 4.78 is 31.8. The molecule has 0 aliphatic heterocycles. The van der Waals surface area contributed by atoms with Gasteiger partial charge in [-0.25, -0.2) is 13.1 Å². The number of sulfonamides is 1. The molecule has 0 saturated carbocycles. The van der Waals surface area contributed by atoms with Crippen molar-refractivity contribution in [3.8, 4) is 5.75 Å². The zero-order valence-corrected chi connectivity index (χ0v) is 13.9. The SMILES string of the molecule is CCCCCCCCCNS(=O)(=O)c1ccc(OC)cc1. The van der Waals surface area contributed by atoms with E-state index in [0.29, 0.717) is 12.3 Å². The van der Waals surface area contributed by atoms with Crippen LogP contribution >= 0.6 is 0 Å². The molecule has 0 spiro atoms. The van der Waals surface area contributed by atoms with Crippen molar-refractivity contribution < 1.29 is 13.2 Å². The molecule has 0 amide bonds. The monoisotopic (exact) mass is 313 g/mol. The van der Waals surface area contributed by atoms with Crippen LogP contribution in [0.3, 0.4) is 0 Å². The molecule has 21 heavy (non-hydrogen) atoms. The summed E-state index contributed by atoms with van der Waals surface area (Å²) in [5.41, 5.74) is 0. The summed E-state index contributed by atoms with van der Waals surface area (Å²) in [6.07, 6.45) is 8.24. The highest BCUT2D eigenvalue weighted by molar-refractivity contribution is 7.89. The van der Waals surface area contributed by atoms with E-state index in [2.05, 4.69) is 11.6 Å². The second-order valence-electron chi connectivity index (χ2n) is 5.19. The second-order valence-corrected chi connectivity index (χ2v) is 6.96. The van der Waals surface area contributed by atoms with Gasteiger partial charge in [0.15, 0.2) is 0 Å². The van der Waals surface area contributed by atoms with E-state index >= 15 is 0 Å². The first-order chi connectivity index (χ1) is 10.1. The largest absolute Gasteiger partial charge is 0.497 e. The van der Waals surface area contributed by atoms with Crippen molar-refractivity contribution in [3.63, 3.8) is 0 Å². The highest BCUT2D eigenvalue weighted by Gasteiger charge is 2.12. The van der Waals surface area contributed by atoms with Gasteiger partial charge in [0.05, 0.1) is 12.0 Å². The Hall–Kier alpha value is -1.07. The van der Waals surface area contributed by atoms with Crippen LogP contribution in [0, 0.1) is 0 Å². The van der Waals surface area contributed by atoms with Gasteiger partial charge in [-0.3, -0.25) is 0 Å². The average molecular weight is 313 g/mol. The Morgan fingerprint density at radius 1 is 0.952 bits per heavy atom. The molecule has 0 heterocycles. The van der Waals surface area contributed by atoms with Crippen LogP contribution in [0.2, 0.25) is 0 Å². The van der Waals surface area contributed by atoms with Crippen LogP contribution in [0.5, 0.6) is 5.75 Å². The average Bonchev–Trinajstić information content (AvgIpc) is 2.50. The Morgan fingerprint density at radius 3 is 2.10 bits per heavy atom. The van der Waals surface area contributed by atoms with Crippen molar-refractivity contribution in [2.24, 2.45) is 0 Å². The number of nitrogens with one attached hydrogen (secondary N) is 1. The molecule has 1 rings (SSSR count). The van der Waals surface area contributed by atoms with Crippen molar-refractivity contribution >= 4 is 10.0 Å². The van der Waals surface area contributed by atoms with E-state index in [4.69, 9.17) is 4.74 Å². The van der Waals surface area contributed by atoms with Gasteiger partial charge in [-0.05, 0) is 30.7 Å². The van der Waals surface area contributed by atoms with Gasteiger partial charge in [0.2, 0.25) is 10.0 Å². The van der Waals surface area contributed by atoms with E-state index in [0.717, 1.165) is 12.8 Å². The lowest BCUT2D eigenvalue weighted by Crippen LogP contribution is -2.24. The molecule has 1 aromatic carbocycles.